The van der Waals surface area contributed by atoms with E-state index in [0.717, 1.165) is 6.07 Å². The fraction of sp³-hybridized carbons (Fsp3) is 0. The average molecular weight is 758 g/mol. The number of nitrogens with one attached hydrogen (secondary N) is 3. The number of H-pyrrole nitrogens is 1. The first-order chi connectivity index (χ1) is 23.8. The first-order valence-corrected chi connectivity index (χ1v) is 18.2. The molecule has 1 heterocycles. The zero-order valence-electron chi connectivity index (χ0n) is 25.1. The summed E-state index contributed by atoms with van der Waals surface area (Å²) in [6, 6.07) is 14.3. The van der Waals surface area contributed by atoms with E-state index in [1.165, 1.54) is 42.5 Å². The van der Waals surface area contributed by atoms with E-state index in [0.29, 0.717) is 18.2 Å². The van der Waals surface area contributed by atoms with Gasteiger partial charge in [0.05, 0.1) is 33.1 Å². The summed E-state index contributed by atoms with van der Waals surface area (Å²) in [7, 11) is -14.8. The zero-order chi connectivity index (χ0) is 37.0. The van der Waals surface area contributed by atoms with Gasteiger partial charge >= 0.3 is 0 Å². The Hall–Kier alpha value is -5.91. The summed E-state index contributed by atoms with van der Waals surface area (Å²) in [6.45, 7) is 0. The molecule has 1 aliphatic carbocycles. The molecule has 0 bridgehead atoms. The van der Waals surface area contributed by atoms with E-state index in [1.807, 2.05) is 4.98 Å². The number of hydrogen-bond acceptors (Lipinski definition) is 14. The van der Waals surface area contributed by atoms with Crippen molar-refractivity contribution < 1.29 is 52.9 Å². The molecule has 5 aromatic rings. The lowest BCUT2D eigenvalue weighted by Gasteiger charge is -2.23. The lowest BCUT2D eigenvalue weighted by atomic mass is 9.82. The number of ketones is 2. The Balaban J connectivity index is 1.34. The molecule has 0 saturated heterocycles. The molecule has 6 rings (SSSR count). The maximum Gasteiger partial charge on any atom is 0.296 e. The Bertz CT molecular complexity index is 2740. The number of nitrogens with two attached hydrogens (primary N) is 1. The van der Waals surface area contributed by atoms with Gasteiger partial charge in [-0.05, 0) is 48.5 Å². The van der Waals surface area contributed by atoms with Crippen LogP contribution < -0.4 is 22.0 Å². The minimum absolute atomic E-state index is 0.00539. The van der Waals surface area contributed by atoms with E-state index in [-0.39, 0.29) is 33.8 Å². The highest BCUT2D eigenvalue weighted by Crippen LogP contribution is 2.40. The van der Waals surface area contributed by atoms with Gasteiger partial charge in [0.25, 0.3) is 36.4 Å². The lowest BCUT2D eigenvalue weighted by Crippen LogP contribution is -2.25. The standard InChI is InChI=1S/C29H20FN7O11S3/c30-27-35-28(37-29(36-27)34-18-11-15(49(40,41)42)9-10-20(18)50(43,44)45)33-14-7-5-13(6-8-14)32-19-12-21(51(46,47)48)24(31)23-22(19)25(38)16-3-1-2-4-17(16)26(23)39/h1-12,32H,31H2,(H,40,41,42)(H,43,44,45)(H,46,47,48)(H2,33,34,35,36,37). The van der Waals surface area contributed by atoms with Gasteiger partial charge in [-0.2, -0.15) is 39.6 Å². The largest absolute Gasteiger partial charge is 0.397 e. The maximum absolute atomic E-state index is 14.4. The van der Waals surface area contributed by atoms with Crippen LogP contribution in [0.1, 0.15) is 31.8 Å². The summed E-state index contributed by atoms with van der Waals surface area (Å²) in [6.07, 6.45) is -1.28. The number of anilines is 5. The van der Waals surface area contributed by atoms with E-state index < -0.39 is 91.2 Å². The normalized spacial score (nSPS) is 13.5. The van der Waals surface area contributed by atoms with Crippen molar-refractivity contribution in [2.24, 2.45) is 4.99 Å². The van der Waals surface area contributed by atoms with Crippen molar-refractivity contribution in [3.8, 4) is 0 Å². The van der Waals surface area contributed by atoms with Crippen LogP contribution in [0.5, 0.6) is 0 Å². The fourth-order valence-electron chi connectivity index (χ4n) is 5.08. The summed E-state index contributed by atoms with van der Waals surface area (Å²) < 4.78 is 114. The van der Waals surface area contributed by atoms with Crippen molar-refractivity contribution >= 4 is 76.3 Å². The molecule has 18 nitrogen and oxygen atoms in total. The number of aromatic nitrogens is 3. The molecule has 0 radical (unpaired) electrons. The number of aromatic amines is 1. The molecule has 0 saturated carbocycles. The third kappa shape index (κ3) is 6.94. The second-order valence-corrected chi connectivity index (χ2v) is 14.8. The number of hydrogen-bond donors (Lipinski definition) is 7. The van der Waals surface area contributed by atoms with Crippen molar-refractivity contribution in [3.63, 3.8) is 0 Å². The average Bonchev–Trinajstić information content (AvgIpc) is 3.03. The summed E-state index contributed by atoms with van der Waals surface area (Å²) >= 11 is 0. The van der Waals surface area contributed by atoms with Crippen molar-refractivity contribution in [3.05, 3.63) is 107 Å². The summed E-state index contributed by atoms with van der Waals surface area (Å²) in [5.41, 5.74) is 3.69. The van der Waals surface area contributed by atoms with Crippen LogP contribution in [0.2, 0.25) is 0 Å². The van der Waals surface area contributed by atoms with Crippen LogP contribution >= 0.6 is 0 Å². The van der Waals surface area contributed by atoms with Gasteiger partial charge in [0, 0.05) is 22.5 Å². The molecule has 0 atom stereocenters. The molecule has 0 unspecified atom stereocenters. The number of nitrogens with zero attached hydrogens (tertiary/aromatic N) is 3. The third-order valence-electron chi connectivity index (χ3n) is 7.26. The van der Waals surface area contributed by atoms with Crippen LogP contribution in [-0.2, 0) is 30.4 Å². The zero-order valence-corrected chi connectivity index (χ0v) is 27.5. The number of nitrogen functional groups attached to an aromatic ring is 1. The van der Waals surface area contributed by atoms with Gasteiger partial charge in [-0.25, -0.2) is 4.99 Å². The van der Waals surface area contributed by atoms with Crippen LogP contribution in [0.15, 0.2) is 92.5 Å². The van der Waals surface area contributed by atoms with Crippen molar-refractivity contribution in [1.82, 2.24) is 15.0 Å². The summed E-state index contributed by atoms with van der Waals surface area (Å²) in [4.78, 5) is 37.6. The van der Waals surface area contributed by atoms with Crippen molar-refractivity contribution in [2.45, 2.75) is 14.7 Å². The minimum Gasteiger partial charge on any atom is -0.397 e. The molecule has 22 heteroatoms. The molecule has 0 amide bonds. The second-order valence-electron chi connectivity index (χ2n) is 10.6. The van der Waals surface area contributed by atoms with Crippen LogP contribution in [0.4, 0.5) is 38.8 Å². The predicted octanol–water partition coefficient (Wildman–Crippen LogP) is 2.76. The smallest absolute Gasteiger partial charge is 0.296 e. The van der Waals surface area contributed by atoms with Gasteiger partial charge in [-0.1, -0.05) is 24.3 Å². The molecule has 4 aromatic carbocycles. The Morgan fingerprint density at radius 3 is 1.84 bits per heavy atom. The van der Waals surface area contributed by atoms with Gasteiger partial charge in [0.15, 0.2) is 11.6 Å². The topological polar surface area (TPSA) is 301 Å². The molecule has 262 valence electrons. The predicted molar refractivity (Wildman–Crippen MR) is 175 cm³/mol. The van der Waals surface area contributed by atoms with Crippen LogP contribution in [0.3, 0.4) is 0 Å². The summed E-state index contributed by atoms with van der Waals surface area (Å²) in [5, 5.41) is 5.50. The van der Waals surface area contributed by atoms with E-state index >= 15 is 0 Å². The molecule has 1 aliphatic rings. The number of rotatable bonds is 8. The van der Waals surface area contributed by atoms with E-state index in [9.17, 15) is 52.9 Å². The molecule has 0 fully saturated rings. The third-order valence-corrected chi connectivity index (χ3v) is 9.91. The molecule has 0 aliphatic heterocycles. The first kappa shape index (κ1) is 34.9. The Morgan fingerprint density at radius 1 is 0.706 bits per heavy atom. The highest BCUT2D eigenvalue weighted by Gasteiger charge is 2.36. The Morgan fingerprint density at radius 2 is 1.27 bits per heavy atom. The SMILES string of the molecule is Nc1c(S(=O)(=O)O)cc(Nc2ccc(Nc3nc(F)[nH]c(=Nc4cc(S(=O)(=O)O)ccc4S(=O)(=O)O)n3)cc2)c2c1C(=O)c1ccccc1C2=O. The molecular formula is C29H20FN7O11S3. The molecule has 0 spiro atoms. The monoisotopic (exact) mass is 757 g/mol. The lowest BCUT2D eigenvalue weighted by molar-refractivity contribution is 0.0980. The highest BCUT2D eigenvalue weighted by atomic mass is 32.2. The highest BCUT2D eigenvalue weighted by molar-refractivity contribution is 7.86. The Labute approximate surface area is 286 Å². The fourth-order valence-corrected chi connectivity index (χ4v) is 6.84. The molecule has 8 N–H and O–H groups in total. The van der Waals surface area contributed by atoms with Crippen LogP contribution in [0, 0.1) is 6.08 Å². The minimum atomic E-state index is -4.97. The quantitative estimate of drug-likeness (QED) is 0.0867. The summed E-state index contributed by atoms with van der Waals surface area (Å²) in [5.74, 6) is -1.81. The number of halogens is 1. The maximum atomic E-state index is 14.4. The van der Waals surface area contributed by atoms with E-state index in [1.54, 1.807) is 6.07 Å². The first-order valence-electron chi connectivity index (χ1n) is 13.9. The number of carbonyl (C=O) groups excluding carboxylic acids is 2. The van der Waals surface area contributed by atoms with Gasteiger partial charge in [-0.3, -0.25) is 28.2 Å². The molecule has 1 aromatic heterocycles. The van der Waals surface area contributed by atoms with Crippen molar-refractivity contribution in [1.29, 1.82) is 0 Å². The number of carbonyl (C=O) groups is 2. The van der Waals surface area contributed by atoms with Gasteiger partial charge in [0.2, 0.25) is 11.6 Å². The second kappa shape index (κ2) is 12.4. The molecule has 51 heavy (non-hydrogen) atoms. The van der Waals surface area contributed by atoms with Gasteiger partial charge < -0.3 is 16.4 Å². The van der Waals surface area contributed by atoms with Crippen LogP contribution in [-0.4, -0.2) is 65.4 Å². The van der Waals surface area contributed by atoms with Gasteiger partial charge in [-0.15, -0.1) is 0 Å². The Kier molecular flexibility index (Phi) is 8.53. The van der Waals surface area contributed by atoms with Crippen molar-refractivity contribution in [2.75, 3.05) is 16.4 Å². The van der Waals surface area contributed by atoms with Gasteiger partial charge in [0.1, 0.15) is 9.79 Å². The number of fused-ring (bicyclic) bond motifs is 2. The van der Waals surface area contributed by atoms with Crippen LogP contribution in [0.25, 0.3) is 0 Å². The van der Waals surface area contributed by atoms with E-state index in [4.69, 9.17) is 5.73 Å². The number of benzene rings is 4. The van der Waals surface area contributed by atoms with E-state index in [2.05, 4.69) is 25.6 Å². The molecular weight excluding hydrogens is 738 g/mol.